The molecule has 2 aromatic heterocycles. The van der Waals surface area contributed by atoms with Gasteiger partial charge in [0.15, 0.2) is 5.69 Å². The average molecular weight is 368 g/mol. The van der Waals surface area contributed by atoms with Gasteiger partial charge in [-0.2, -0.15) is 0 Å². The Bertz CT molecular complexity index is 890. The molecule has 3 aromatic rings. The van der Waals surface area contributed by atoms with Crippen molar-refractivity contribution < 1.29 is 9.32 Å². The predicted octanol–water partition coefficient (Wildman–Crippen LogP) is 3.45. The van der Waals surface area contributed by atoms with Gasteiger partial charge in [-0.05, 0) is 25.3 Å². The topological polar surface area (TPSA) is 72.1 Å². The lowest BCUT2D eigenvalue weighted by atomic mass is 9.98. The Morgan fingerprint density at radius 2 is 2.15 bits per heavy atom. The van der Waals surface area contributed by atoms with Crippen LogP contribution in [0.15, 0.2) is 40.9 Å². The number of carbonyl (C=O) groups is 1. The van der Waals surface area contributed by atoms with Crippen LogP contribution >= 0.6 is 11.3 Å². The number of benzene rings is 1. The van der Waals surface area contributed by atoms with Crippen LogP contribution in [-0.4, -0.2) is 39.3 Å². The van der Waals surface area contributed by atoms with Crippen LogP contribution in [0.5, 0.6) is 0 Å². The lowest BCUT2D eigenvalue weighted by Gasteiger charge is -2.30. The maximum absolute atomic E-state index is 12.6. The second-order valence-electron chi connectivity index (χ2n) is 6.61. The number of likely N-dealkylation sites (tertiary alicyclic amines) is 1. The largest absolute Gasteiger partial charge is 0.361 e. The Hall–Kier alpha value is -2.54. The highest BCUT2D eigenvalue weighted by atomic mass is 32.1. The molecule has 1 saturated heterocycles. The number of hydrogen-bond donors (Lipinski definition) is 0. The van der Waals surface area contributed by atoms with Gasteiger partial charge >= 0.3 is 0 Å². The molecule has 6 nitrogen and oxygen atoms in total. The van der Waals surface area contributed by atoms with Gasteiger partial charge in [0, 0.05) is 31.5 Å². The smallest absolute Gasteiger partial charge is 0.276 e. The number of amides is 1. The molecule has 0 aliphatic carbocycles. The summed E-state index contributed by atoms with van der Waals surface area (Å²) in [5, 5.41) is 14.6. The minimum Gasteiger partial charge on any atom is -0.361 e. The SMILES string of the molecule is Cc1cc(C(=O)N2CCC[C@@H](c3nnc(Cc4ccccc4)s3)C2)no1. The van der Waals surface area contributed by atoms with Crippen molar-refractivity contribution in [3.8, 4) is 0 Å². The highest BCUT2D eigenvalue weighted by Crippen LogP contribution is 2.30. The Morgan fingerprint density at radius 3 is 2.92 bits per heavy atom. The van der Waals surface area contributed by atoms with Gasteiger partial charge in [0.05, 0.1) is 0 Å². The molecule has 1 fully saturated rings. The van der Waals surface area contributed by atoms with Crippen molar-refractivity contribution in [1.29, 1.82) is 0 Å². The summed E-state index contributed by atoms with van der Waals surface area (Å²) in [6.07, 6.45) is 2.79. The van der Waals surface area contributed by atoms with Crippen LogP contribution in [-0.2, 0) is 6.42 Å². The molecule has 1 aliphatic heterocycles. The number of carbonyl (C=O) groups excluding carboxylic acids is 1. The zero-order valence-corrected chi connectivity index (χ0v) is 15.4. The van der Waals surface area contributed by atoms with Gasteiger partial charge in [-0.3, -0.25) is 4.79 Å². The first kappa shape index (κ1) is 16.9. The second-order valence-corrected chi connectivity index (χ2v) is 7.70. The van der Waals surface area contributed by atoms with E-state index in [0.717, 1.165) is 35.8 Å². The normalized spacial score (nSPS) is 17.4. The van der Waals surface area contributed by atoms with Crippen LogP contribution in [0.25, 0.3) is 0 Å². The Morgan fingerprint density at radius 1 is 1.31 bits per heavy atom. The maximum Gasteiger partial charge on any atom is 0.276 e. The molecule has 0 bridgehead atoms. The van der Waals surface area contributed by atoms with Gasteiger partial charge in [-0.15, -0.1) is 21.5 Å². The van der Waals surface area contributed by atoms with E-state index in [2.05, 4.69) is 27.5 Å². The minimum atomic E-state index is -0.0689. The lowest BCUT2D eigenvalue weighted by molar-refractivity contribution is 0.0696. The molecule has 3 heterocycles. The van der Waals surface area contributed by atoms with Crippen molar-refractivity contribution in [3.05, 3.63) is 63.4 Å². The van der Waals surface area contributed by atoms with Gasteiger partial charge in [0.2, 0.25) is 0 Å². The maximum atomic E-state index is 12.6. The van der Waals surface area contributed by atoms with Crippen LogP contribution < -0.4 is 0 Å². The zero-order chi connectivity index (χ0) is 17.9. The third-order valence-corrected chi connectivity index (χ3v) is 5.67. The fourth-order valence-corrected chi connectivity index (χ4v) is 4.27. The van der Waals surface area contributed by atoms with Gasteiger partial charge in [-0.25, -0.2) is 0 Å². The molecule has 1 aromatic carbocycles. The number of hydrogen-bond acceptors (Lipinski definition) is 6. The second kappa shape index (κ2) is 7.37. The van der Waals surface area contributed by atoms with E-state index in [1.165, 1.54) is 5.56 Å². The Balaban J connectivity index is 1.44. The summed E-state index contributed by atoms with van der Waals surface area (Å²) in [5.74, 6) is 0.819. The quantitative estimate of drug-likeness (QED) is 0.705. The van der Waals surface area contributed by atoms with E-state index < -0.39 is 0 Å². The molecule has 1 amide bonds. The average Bonchev–Trinajstić information content (AvgIpc) is 3.31. The van der Waals surface area contributed by atoms with Crippen LogP contribution in [0.1, 0.15) is 50.6 Å². The molecule has 1 atom stereocenters. The third kappa shape index (κ3) is 3.67. The lowest BCUT2D eigenvalue weighted by Crippen LogP contribution is -2.39. The van der Waals surface area contributed by atoms with Crippen LogP contribution in [0.3, 0.4) is 0 Å². The summed E-state index contributed by atoms with van der Waals surface area (Å²) in [7, 11) is 0. The molecule has 0 N–H and O–H groups in total. The molecule has 7 heteroatoms. The van der Waals surface area contributed by atoms with Crippen LogP contribution in [0.2, 0.25) is 0 Å². The Labute approximate surface area is 155 Å². The van der Waals surface area contributed by atoms with Crippen molar-refractivity contribution in [2.24, 2.45) is 0 Å². The highest BCUT2D eigenvalue weighted by Gasteiger charge is 2.29. The molecule has 4 rings (SSSR count). The fraction of sp³-hybridized carbons (Fsp3) is 0.368. The number of rotatable bonds is 4. The zero-order valence-electron chi connectivity index (χ0n) is 14.6. The van der Waals surface area contributed by atoms with Crippen molar-refractivity contribution in [3.63, 3.8) is 0 Å². The molecule has 26 heavy (non-hydrogen) atoms. The fourth-order valence-electron chi connectivity index (χ4n) is 3.27. The van der Waals surface area contributed by atoms with Gasteiger partial charge in [0.25, 0.3) is 5.91 Å². The summed E-state index contributed by atoms with van der Waals surface area (Å²) >= 11 is 1.65. The van der Waals surface area contributed by atoms with E-state index in [0.29, 0.717) is 18.0 Å². The van der Waals surface area contributed by atoms with Crippen molar-refractivity contribution >= 4 is 17.2 Å². The van der Waals surface area contributed by atoms with Crippen molar-refractivity contribution in [1.82, 2.24) is 20.3 Å². The van der Waals surface area contributed by atoms with Gasteiger partial charge < -0.3 is 9.42 Å². The van der Waals surface area contributed by atoms with E-state index >= 15 is 0 Å². The first-order valence-corrected chi connectivity index (χ1v) is 9.59. The van der Waals surface area contributed by atoms with Crippen molar-refractivity contribution in [2.75, 3.05) is 13.1 Å². The van der Waals surface area contributed by atoms with Crippen LogP contribution in [0.4, 0.5) is 0 Å². The van der Waals surface area contributed by atoms with Crippen LogP contribution in [0, 0.1) is 6.92 Å². The van der Waals surface area contributed by atoms with E-state index in [1.54, 1.807) is 24.3 Å². The first-order valence-electron chi connectivity index (χ1n) is 8.78. The highest BCUT2D eigenvalue weighted by molar-refractivity contribution is 7.11. The van der Waals surface area contributed by atoms with E-state index in [-0.39, 0.29) is 11.8 Å². The molecule has 134 valence electrons. The standard InChI is InChI=1S/C19H20N4O2S/c1-13-10-16(22-25-13)19(24)23-9-5-8-15(12-23)18-21-20-17(26-18)11-14-6-3-2-4-7-14/h2-4,6-7,10,15H,5,8-9,11-12H2,1H3/t15-/m1/s1. The molecule has 0 radical (unpaired) electrons. The molecule has 1 aliphatic rings. The third-order valence-electron chi connectivity index (χ3n) is 4.59. The van der Waals surface area contributed by atoms with Gasteiger partial charge in [0.1, 0.15) is 15.8 Å². The molecule has 0 spiro atoms. The summed E-state index contributed by atoms with van der Waals surface area (Å²) in [5.41, 5.74) is 1.61. The number of piperidine rings is 1. The summed E-state index contributed by atoms with van der Waals surface area (Å²) < 4.78 is 5.03. The molecular weight excluding hydrogens is 348 g/mol. The minimum absolute atomic E-state index is 0.0689. The number of nitrogens with zero attached hydrogens (tertiary/aromatic N) is 4. The van der Waals surface area contributed by atoms with E-state index in [9.17, 15) is 4.79 Å². The predicted molar refractivity (Wildman–Crippen MR) is 98.3 cm³/mol. The van der Waals surface area contributed by atoms with E-state index in [1.807, 2.05) is 23.1 Å². The van der Waals surface area contributed by atoms with E-state index in [4.69, 9.17) is 4.52 Å². The summed E-state index contributed by atoms with van der Waals surface area (Å²) in [6, 6.07) is 12.0. The molecule has 0 unspecified atom stereocenters. The first-order chi connectivity index (χ1) is 12.7. The molecule has 0 saturated carbocycles. The van der Waals surface area contributed by atoms with Crippen molar-refractivity contribution in [2.45, 2.75) is 32.1 Å². The summed E-state index contributed by atoms with van der Waals surface area (Å²) in [4.78, 5) is 14.5. The molecular formula is C19H20N4O2S. The van der Waals surface area contributed by atoms with Gasteiger partial charge in [-0.1, -0.05) is 35.5 Å². The Kier molecular flexibility index (Phi) is 4.79. The number of aryl methyl sites for hydroxylation is 1. The number of aromatic nitrogens is 3. The summed E-state index contributed by atoms with van der Waals surface area (Å²) in [6.45, 7) is 3.19. The monoisotopic (exact) mass is 368 g/mol.